The highest BCUT2D eigenvalue weighted by Gasteiger charge is 2.21. The van der Waals surface area contributed by atoms with E-state index in [0.717, 1.165) is 19.0 Å². The Kier molecular flexibility index (Phi) is 3.08. The fraction of sp³-hybridized carbons (Fsp3) is 0.533. The van der Waals surface area contributed by atoms with Crippen molar-refractivity contribution in [2.45, 2.75) is 32.2 Å². The predicted octanol–water partition coefficient (Wildman–Crippen LogP) is 2.50. The highest BCUT2D eigenvalue weighted by atomic mass is 15.3. The molecule has 3 rings (SSSR count). The van der Waals surface area contributed by atoms with Crippen LogP contribution in [0.5, 0.6) is 0 Å². The molecule has 0 aliphatic heterocycles. The minimum atomic E-state index is 0.643. The van der Waals surface area contributed by atoms with Gasteiger partial charge in [0.05, 0.1) is 11.2 Å². The molecular weight excluding hydrogens is 222 g/mol. The second-order valence-electron chi connectivity index (χ2n) is 5.58. The molecule has 0 amide bonds. The molecule has 1 aromatic heterocycles. The van der Waals surface area contributed by atoms with Crippen LogP contribution in [0.3, 0.4) is 0 Å². The number of rotatable bonds is 5. The van der Waals surface area contributed by atoms with E-state index in [1.54, 1.807) is 0 Å². The van der Waals surface area contributed by atoms with Crippen LogP contribution in [0.15, 0.2) is 24.3 Å². The van der Waals surface area contributed by atoms with Crippen molar-refractivity contribution in [3.63, 3.8) is 0 Å². The van der Waals surface area contributed by atoms with Gasteiger partial charge in [0.2, 0.25) is 0 Å². The molecule has 1 N–H and O–H groups in total. The number of hydrogen-bond acceptors (Lipinski definition) is 2. The first kappa shape index (κ1) is 11.7. The van der Waals surface area contributed by atoms with Gasteiger partial charge in [0.25, 0.3) is 0 Å². The molecule has 3 heteroatoms. The first-order chi connectivity index (χ1) is 8.74. The summed E-state index contributed by atoms with van der Waals surface area (Å²) in [5.74, 6) is 0.643. The van der Waals surface area contributed by atoms with Gasteiger partial charge in [0.15, 0.2) is 0 Å². The third-order valence-corrected chi connectivity index (χ3v) is 3.71. The lowest BCUT2D eigenvalue weighted by Gasteiger charge is -2.10. The van der Waals surface area contributed by atoms with Gasteiger partial charge in [-0.2, -0.15) is 5.10 Å². The van der Waals surface area contributed by atoms with Gasteiger partial charge in [0.1, 0.15) is 0 Å². The molecule has 1 unspecified atom stereocenters. The molecule has 1 fully saturated rings. The van der Waals surface area contributed by atoms with Gasteiger partial charge >= 0.3 is 0 Å². The van der Waals surface area contributed by atoms with Crippen molar-refractivity contribution < 1.29 is 0 Å². The number of aryl methyl sites for hydroxylation is 1. The van der Waals surface area contributed by atoms with Crippen molar-refractivity contribution in [3.8, 4) is 0 Å². The van der Waals surface area contributed by atoms with Crippen molar-refractivity contribution in [2.75, 3.05) is 6.54 Å². The van der Waals surface area contributed by atoms with Crippen molar-refractivity contribution in [2.24, 2.45) is 13.0 Å². The average molecular weight is 243 g/mol. The van der Waals surface area contributed by atoms with E-state index >= 15 is 0 Å². The van der Waals surface area contributed by atoms with Crippen LogP contribution in [0.4, 0.5) is 0 Å². The molecule has 0 bridgehead atoms. The van der Waals surface area contributed by atoms with E-state index in [-0.39, 0.29) is 0 Å². The third kappa shape index (κ3) is 2.41. The number of fused-ring (bicyclic) bond motifs is 1. The molecule has 0 radical (unpaired) electrons. The molecule has 1 aromatic carbocycles. The maximum absolute atomic E-state index is 4.66. The van der Waals surface area contributed by atoms with Crippen LogP contribution in [0, 0.1) is 5.92 Å². The molecule has 1 atom stereocenters. The Balaban J connectivity index is 1.72. The van der Waals surface area contributed by atoms with Gasteiger partial charge in [-0.1, -0.05) is 25.1 Å². The Hall–Kier alpha value is -1.35. The van der Waals surface area contributed by atoms with Crippen LogP contribution in [0.1, 0.15) is 25.5 Å². The number of para-hydroxylation sites is 1. The number of hydrogen-bond donors (Lipinski definition) is 1. The van der Waals surface area contributed by atoms with Crippen LogP contribution in [-0.2, 0) is 13.5 Å². The van der Waals surface area contributed by atoms with Crippen LogP contribution >= 0.6 is 0 Å². The highest BCUT2D eigenvalue weighted by Crippen LogP contribution is 2.21. The number of benzene rings is 1. The Morgan fingerprint density at radius 2 is 2.17 bits per heavy atom. The maximum Gasteiger partial charge on any atom is 0.0706 e. The molecule has 1 saturated carbocycles. The molecular formula is C15H21N3. The lowest BCUT2D eigenvalue weighted by Crippen LogP contribution is -2.24. The lowest BCUT2D eigenvalue weighted by molar-refractivity contribution is 0.503. The normalized spacial score (nSPS) is 17.2. The Bertz CT molecular complexity index is 540. The Morgan fingerprint density at radius 3 is 2.94 bits per heavy atom. The number of nitrogens with one attached hydrogen (secondary N) is 1. The van der Waals surface area contributed by atoms with Crippen molar-refractivity contribution in [1.29, 1.82) is 0 Å². The smallest absolute Gasteiger partial charge is 0.0706 e. The summed E-state index contributed by atoms with van der Waals surface area (Å²) in [6.45, 7) is 3.41. The van der Waals surface area contributed by atoms with Gasteiger partial charge in [-0.3, -0.25) is 4.68 Å². The molecule has 1 aliphatic rings. The molecule has 1 aliphatic carbocycles. The fourth-order valence-electron chi connectivity index (χ4n) is 2.50. The molecule has 1 heterocycles. The predicted molar refractivity (Wildman–Crippen MR) is 74.6 cm³/mol. The average Bonchev–Trinajstić information content (AvgIpc) is 3.15. The second kappa shape index (κ2) is 4.73. The zero-order valence-corrected chi connectivity index (χ0v) is 11.2. The summed E-state index contributed by atoms with van der Waals surface area (Å²) in [5, 5.41) is 9.56. The van der Waals surface area contributed by atoms with Crippen molar-refractivity contribution >= 4 is 10.9 Å². The zero-order valence-electron chi connectivity index (χ0n) is 11.2. The topological polar surface area (TPSA) is 29.9 Å². The van der Waals surface area contributed by atoms with Crippen molar-refractivity contribution in [3.05, 3.63) is 30.0 Å². The van der Waals surface area contributed by atoms with E-state index in [2.05, 4.69) is 41.6 Å². The number of aromatic nitrogens is 2. The quantitative estimate of drug-likeness (QED) is 0.874. The monoisotopic (exact) mass is 243 g/mol. The minimum absolute atomic E-state index is 0.643. The van der Waals surface area contributed by atoms with E-state index in [1.807, 2.05) is 11.7 Å². The SMILES string of the molecule is CC(CNC1CC1)Cc1nn(C)c2ccccc12. The maximum atomic E-state index is 4.66. The Morgan fingerprint density at radius 1 is 1.39 bits per heavy atom. The number of nitrogens with zero attached hydrogens (tertiary/aromatic N) is 2. The fourth-order valence-corrected chi connectivity index (χ4v) is 2.50. The van der Waals surface area contributed by atoms with E-state index in [9.17, 15) is 0 Å². The summed E-state index contributed by atoms with van der Waals surface area (Å²) < 4.78 is 1.99. The summed E-state index contributed by atoms with van der Waals surface area (Å²) in [5.41, 5.74) is 2.47. The van der Waals surface area contributed by atoms with Gasteiger partial charge in [-0.05, 0) is 37.8 Å². The van der Waals surface area contributed by atoms with Gasteiger partial charge in [-0.15, -0.1) is 0 Å². The first-order valence-electron chi connectivity index (χ1n) is 6.88. The molecule has 96 valence electrons. The largest absolute Gasteiger partial charge is 0.314 e. The summed E-state index contributed by atoms with van der Waals surface area (Å²) in [4.78, 5) is 0. The van der Waals surface area contributed by atoms with Crippen LogP contribution in [0.2, 0.25) is 0 Å². The summed E-state index contributed by atoms with van der Waals surface area (Å²) in [7, 11) is 2.03. The van der Waals surface area contributed by atoms with Gasteiger partial charge < -0.3 is 5.32 Å². The van der Waals surface area contributed by atoms with Gasteiger partial charge in [-0.25, -0.2) is 0 Å². The molecule has 3 nitrogen and oxygen atoms in total. The molecule has 18 heavy (non-hydrogen) atoms. The third-order valence-electron chi connectivity index (χ3n) is 3.71. The van der Waals surface area contributed by atoms with Crippen LogP contribution < -0.4 is 5.32 Å². The van der Waals surface area contributed by atoms with E-state index < -0.39 is 0 Å². The minimum Gasteiger partial charge on any atom is -0.314 e. The summed E-state index contributed by atoms with van der Waals surface area (Å²) >= 11 is 0. The molecule has 2 aromatic rings. The molecule has 0 saturated heterocycles. The standard InChI is InChI=1S/C15H21N3/c1-11(10-16-12-7-8-12)9-14-13-5-3-4-6-15(13)18(2)17-14/h3-6,11-12,16H,7-10H2,1-2H3. The first-order valence-corrected chi connectivity index (χ1v) is 6.88. The summed E-state index contributed by atoms with van der Waals surface area (Å²) in [6.07, 6.45) is 3.78. The summed E-state index contributed by atoms with van der Waals surface area (Å²) in [6, 6.07) is 9.29. The van der Waals surface area contributed by atoms with Gasteiger partial charge in [0, 0.05) is 18.5 Å². The second-order valence-corrected chi connectivity index (χ2v) is 5.58. The Labute approximate surface area is 108 Å². The van der Waals surface area contributed by atoms with E-state index in [1.165, 1.54) is 29.4 Å². The van der Waals surface area contributed by atoms with E-state index in [4.69, 9.17) is 0 Å². The van der Waals surface area contributed by atoms with Crippen LogP contribution in [0.25, 0.3) is 10.9 Å². The zero-order chi connectivity index (χ0) is 12.5. The highest BCUT2D eigenvalue weighted by molar-refractivity contribution is 5.81. The lowest BCUT2D eigenvalue weighted by atomic mass is 10.0. The van der Waals surface area contributed by atoms with E-state index in [0.29, 0.717) is 5.92 Å². The van der Waals surface area contributed by atoms with Crippen molar-refractivity contribution in [1.82, 2.24) is 15.1 Å². The van der Waals surface area contributed by atoms with Crippen LogP contribution in [-0.4, -0.2) is 22.4 Å². The molecule has 0 spiro atoms.